The Morgan fingerprint density at radius 1 is 0.957 bits per heavy atom. The van der Waals surface area contributed by atoms with Crippen molar-refractivity contribution in [3.05, 3.63) is 53.6 Å². The van der Waals surface area contributed by atoms with Gasteiger partial charge in [0, 0.05) is 10.1 Å². The van der Waals surface area contributed by atoms with E-state index in [1.807, 2.05) is 24.3 Å². The molecule has 0 aliphatic carbocycles. The standard InChI is InChI=1S/C16H9F3N2OS/c17-16(18,19)8-5-6-10-11(7-8)20-14(22)13-9-3-1-2-4-12(9)23-15(13)21-10/h1-7,21H,(H,20,22). The number of benzene rings is 2. The lowest BCUT2D eigenvalue weighted by atomic mass is 10.1. The van der Waals surface area contributed by atoms with E-state index in [0.717, 1.165) is 22.2 Å². The number of anilines is 3. The third-order valence-corrected chi connectivity index (χ3v) is 4.75. The Labute approximate surface area is 132 Å². The fraction of sp³-hybridized carbons (Fsp3) is 0.0625. The van der Waals surface area contributed by atoms with Crippen LogP contribution in [0.5, 0.6) is 0 Å². The summed E-state index contributed by atoms with van der Waals surface area (Å²) in [4.78, 5) is 12.5. The zero-order valence-corrected chi connectivity index (χ0v) is 12.3. The van der Waals surface area contributed by atoms with Gasteiger partial charge >= 0.3 is 6.18 Å². The summed E-state index contributed by atoms with van der Waals surface area (Å²) < 4.78 is 39.5. The molecule has 2 aromatic carbocycles. The van der Waals surface area contributed by atoms with Gasteiger partial charge < -0.3 is 10.6 Å². The first-order valence-corrected chi connectivity index (χ1v) is 7.56. The number of alkyl halides is 3. The summed E-state index contributed by atoms with van der Waals surface area (Å²) >= 11 is 1.40. The monoisotopic (exact) mass is 334 g/mol. The van der Waals surface area contributed by atoms with Gasteiger partial charge in [-0.3, -0.25) is 4.79 Å². The quantitative estimate of drug-likeness (QED) is 0.591. The van der Waals surface area contributed by atoms with Crippen molar-refractivity contribution in [2.45, 2.75) is 6.18 Å². The molecule has 0 bridgehead atoms. The minimum absolute atomic E-state index is 0.123. The summed E-state index contributed by atoms with van der Waals surface area (Å²) in [5.74, 6) is -0.414. The number of fused-ring (bicyclic) bond motifs is 4. The number of carbonyl (C=O) groups is 1. The second-order valence-electron chi connectivity index (χ2n) is 5.14. The minimum atomic E-state index is -4.45. The van der Waals surface area contributed by atoms with Crippen LogP contribution in [0.15, 0.2) is 42.5 Å². The molecule has 0 saturated heterocycles. The van der Waals surface area contributed by atoms with Gasteiger partial charge in [0.2, 0.25) is 0 Å². The fourth-order valence-corrected chi connectivity index (χ4v) is 3.71. The number of amides is 1. The second-order valence-corrected chi connectivity index (χ2v) is 6.19. The molecule has 2 N–H and O–H groups in total. The number of rotatable bonds is 0. The number of thiophene rings is 1. The molecule has 3 nitrogen and oxygen atoms in total. The van der Waals surface area contributed by atoms with Crippen LogP contribution in [0.4, 0.5) is 29.5 Å². The molecule has 7 heteroatoms. The summed E-state index contributed by atoms with van der Waals surface area (Å²) in [5, 5.41) is 7.05. The maximum absolute atomic E-state index is 12.8. The topological polar surface area (TPSA) is 41.1 Å². The van der Waals surface area contributed by atoms with E-state index in [-0.39, 0.29) is 5.69 Å². The molecular formula is C16H9F3N2OS. The third kappa shape index (κ3) is 2.24. The molecule has 0 fully saturated rings. The highest BCUT2D eigenvalue weighted by Gasteiger charge is 2.32. The Balaban J connectivity index is 1.87. The molecule has 1 aromatic heterocycles. The average Bonchev–Trinajstić information content (AvgIpc) is 2.79. The van der Waals surface area contributed by atoms with Crippen LogP contribution in [0.3, 0.4) is 0 Å². The molecule has 0 unspecified atom stereocenters. The Bertz CT molecular complexity index is 946. The van der Waals surface area contributed by atoms with Gasteiger partial charge in [-0.25, -0.2) is 0 Å². The van der Waals surface area contributed by atoms with Gasteiger partial charge in [-0.2, -0.15) is 13.2 Å². The summed E-state index contributed by atoms with van der Waals surface area (Å²) in [5.41, 5.74) is 0.220. The van der Waals surface area contributed by atoms with Gasteiger partial charge in [0.25, 0.3) is 5.91 Å². The molecule has 116 valence electrons. The number of carbonyl (C=O) groups excluding carboxylic acids is 1. The van der Waals surface area contributed by atoms with E-state index >= 15 is 0 Å². The van der Waals surface area contributed by atoms with E-state index in [0.29, 0.717) is 16.3 Å². The summed E-state index contributed by atoms with van der Waals surface area (Å²) in [6.07, 6.45) is -4.45. The molecule has 1 amide bonds. The van der Waals surface area contributed by atoms with Gasteiger partial charge in [0.1, 0.15) is 5.00 Å². The number of hydrogen-bond donors (Lipinski definition) is 2. The fourth-order valence-electron chi connectivity index (χ4n) is 2.60. The molecular weight excluding hydrogens is 325 g/mol. The number of hydrogen-bond acceptors (Lipinski definition) is 3. The molecule has 23 heavy (non-hydrogen) atoms. The van der Waals surface area contributed by atoms with Crippen LogP contribution in [0.25, 0.3) is 10.1 Å². The van der Waals surface area contributed by atoms with Gasteiger partial charge in [0.15, 0.2) is 0 Å². The van der Waals surface area contributed by atoms with Crippen molar-refractivity contribution in [2.24, 2.45) is 0 Å². The van der Waals surface area contributed by atoms with Crippen molar-refractivity contribution in [3.8, 4) is 0 Å². The Hall–Kier alpha value is -2.54. The van der Waals surface area contributed by atoms with E-state index in [1.54, 1.807) is 0 Å². The molecule has 2 heterocycles. The lowest BCUT2D eigenvalue weighted by Gasteiger charge is -2.12. The predicted octanol–water partition coefficient (Wildman–Crippen LogP) is 5.23. The van der Waals surface area contributed by atoms with Crippen LogP contribution < -0.4 is 10.6 Å². The Kier molecular flexibility index (Phi) is 2.89. The van der Waals surface area contributed by atoms with Crippen LogP contribution in [0, 0.1) is 0 Å². The van der Waals surface area contributed by atoms with E-state index in [4.69, 9.17) is 0 Å². The molecule has 1 aliphatic rings. The maximum atomic E-state index is 12.8. The first-order chi connectivity index (χ1) is 10.9. The molecule has 0 saturated carbocycles. The largest absolute Gasteiger partial charge is 0.416 e. The van der Waals surface area contributed by atoms with Gasteiger partial charge in [-0.15, -0.1) is 11.3 Å². The Morgan fingerprint density at radius 2 is 1.74 bits per heavy atom. The van der Waals surface area contributed by atoms with Crippen LogP contribution in [-0.4, -0.2) is 5.91 Å². The van der Waals surface area contributed by atoms with Crippen molar-refractivity contribution in [1.82, 2.24) is 0 Å². The predicted molar refractivity (Wildman–Crippen MR) is 84.5 cm³/mol. The summed E-state index contributed by atoms with van der Waals surface area (Å²) in [6, 6.07) is 10.7. The van der Waals surface area contributed by atoms with Crippen LogP contribution >= 0.6 is 11.3 Å². The highest BCUT2D eigenvalue weighted by Crippen LogP contribution is 2.43. The highest BCUT2D eigenvalue weighted by molar-refractivity contribution is 7.23. The second kappa shape index (κ2) is 4.73. The van der Waals surface area contributed by atoms with Crippen molar-refractivity contribution in [1.29, 1.82) is 0 Å². The van der Waals surface area contributed by atoms with Gasteiger partial charge in [-0.05, 0) is 24.3 Å². The molecule has 3 aromatic rings. The van der Waals surface area contributed by atoms with E-state index < -0.39 is 17.6 Å². The molecule has 0 spiro atoms. The molecule has 4 rings (SSSR count). The SMILES string of the molecule is O=C1Nc2cc(C(F)(F)F)ccc2Nc2sc3ccccc3c21. The zero-order valence-electron chi connectivity index (χ0n) is 11.5. The number of halogens is 3. The van der Waals surface area contributed by atoms with Crippen LogP contribution in [-0.2, 0) is 6.18 Å². The van der Waals surface area contributed by atoms with Crippen molar-refractivity contribution in [2.75, 3.05) is 10.6 Å². The first-order valence-electron chi connectivity index (χ1n) is 6.74. The summed E-state index contributed by atoms with van der Waals surface area (Å²) in [7, 11) is 0. The lowest BCUT2D eigenvalue weighted by Crippen LogP contribution is -2.11. The lowest BCUT2D eigenvalue weighted by molar-refractivity contribution is -0.137. The van der Waals surface area contributed by atoms with Crippen molar-refractivity contribution < 1.29 is 18.0 Å². The van der Waals surface area contributed by atoms with Gasteiger partial charge in [-0.1, -0.05) is 18.2 Å². The normalized spacial score (nSPS) is 13.8. The summed E-state index contributed by atoms with van der Waals surface area (Å²) in [6.45, 7) is 0. The molecule has 1 aliphatic heterocycles. The van der Waals surface area contributed by atoms with E-state index in [1.165, 1.54) is 17.4 Å². The Morgan fingerprint density at radius 3 is 2.52 bits per heavy atom. The smallest absolute Gasteiger partial charge is 0.345 e. The van der Waals surface area contributed by atoms with Crippen LogP contribution in [0.1, 0.15) is 15.9 Å². The minimum Gasteiger partial charge on any atom is -0.345 e. The van der Waals surface area contributed by atoms with Crippen LogP contribution in [0.2, 0.25) is 0 Å². The number of nitrogens with one attached hydrogen (secondary N) is 2. The average molecular weight is 334 g/mol. The third-order valence-electron chi connectivity index (χ3n) is 3.67. The molecule has 0 atom stereocenters. The van der Waals surface area contributed by atoms with Gasteiger partial charge in [0.05, 0.1) is 22.5 Å². The van der Waals surface area contributed by atoms with E-state index in [9.17, 15) is 18.0 Å². The van der Waals surface area contributed by atoms with Crippen molar-refractivity contribution in [3.63, 3.8) is 0 Å². The molecule has 0 radical (unpaired) electrons. The maximum Gasteiger partial charge on any atom is 0.416 e. The van der Waals surface area contributed by atoms with E-state index in [2.05, 4.69) is 10.6 Å². The highest BCUT2D eigenvalue weighted by atomic mass is 32.1. The van der Waals surface area contributed by atoms with Crippen molar-refractivity contribution >= 4 is 43.7 Å². The zero-order chi connectivity index (χ0) is 16.2. The first kappa shape index (κ1) is 14.1.